The molecule has 0 saturated heterocycles. The van der Waals surface area contributed by atoms with Crippen molar-refractivity contribution in [2.45, 2.75) is 6.42 Å². The number of nitrogen functional groups attached to an aromatic ring is 1. The number of hydrogen-bond acceptors (Lipinski definition) is 4. The number of ether oxygens (including phenoxy) is 1. The van der Waals surface area contributed by atoms with Crippen LogP contribution in [0.5, 0.6) is 11.6 Å². The maximum Gasteiger partial charge on any atom is 0.208 e. The lowest BCUT2D eigenvalue weighted by molar-refractivity contribution is 0.319. The van der Waals surface area contributed by atoms with Crippen LogP contribution in [0, 0.1) is 0 Å². The predicted molar refractivity (Wildman–Crippen MR) is 60.3 cm³/mol. The number of rotatable bonds is 4. The largest absolute Gasteiger partial charge is 0.493 e. The second-order valence-electron chi connectivity index (χ2n) is 3.39. The number of H-pyrrole nitrogens is 1. The van der Waals surface area contributed by atoms with Gasteiger partial charge in [0.25, 0.3) is 0 Å². The van der Waals surface area contributed by atoms with Gasteiger partial charge in [-0.25, -0.2) is 4.98 Å². The molecule has 5 nitrogen and oxygen atoms in total. The zero-order valence-electron chi connectivity index (χ0n) is 8.68. The van der Waals surface area contributed by atoms with Crippen LogP contribution >= 0.6 is 0 Å². The first-order valence-electron chi connectivity index (χ1n) is 4.95. The van der Waals surface area contributed by atoms with Crippen molar-refractivity contribution in [2.75, 3.05) is 12.3 Å². The third kappa shape index (κ3) is 2.66. The van der Waals surface area contributed by atoms with Gasteiger partial charge in [0.1, 0.15) is 11.6 Å². The van der Waals surface area contributed by atoms with Gasteiger partial charge in [-0.3, -0.25) is 0 Å². The lowest BCUT2D eigenvalue weighted by Gasteiger charge is -2.05. The van der Waals surface area contributed by atoms with Gasteiger partial charge in [0.2, 0.25) is 5.88 Å². The minimum atomic E-state index is 0.0685. The maximum atomic E-state index is 9.03. The summed E-state index contributed by atoms with van der Waals surface area (Å²) in [5.41, 5.74) is 6.29. The third-order valence-corrected chi connectivity index (χ3v) is 2.08. The average molecular weight is 219 g/mol. The van der Waals surface area contributed by atoms with Gasteiger partial charge in [0.15, 0.2) is 0 Å². The Kier molecular flexibility index (Phi) is 2.95. The van der Waals surface area contributed by atoms with Crippen molar-refractivity contribution >= 4 is 5.69 Å². The van der Waals surface area contributed by atoms with E-state index in [1.54, 1.807) is 12.1 Å². The van der Waals surface area contributed by atoms with E-state index in [1.165, 1.54) is 6.20 Å². The number of aromatic amines is 1. The number of nitrogens with two attached hydrogens (primary N) is 1. The average Bonchev–Trinajstić information content (AvgIpc) is 2.64. The third-order valence-electron chi connectivity index (χ3n) is 2.08. The van der Waals surface area contributed by atoms with Crippen LogP contribution in [-0.2, 0) is 6.42 Å². The number of imidazole rings is 1. The molecule has 1 heterocycles. The summed E-state index contributed by atoms with van der Waals surface area (Å²) < 4.78 is 5.48. The quantitative estimate of drug-likeness (QED) is 0.677. The number of nitrogens with zero attached hydrogens (tertiary/aromatic N) is 1. The van der Waals surface area contributed by atoms with Gasteiger partial charge in [-0.05, 0) is 12.1 Å². The van der Waals surface area contributed by atoms with Gasteiger partial charge in [-0.2, -0.15) is 0 Å². The second kappa shape index (κ2) is 4.57. The summed E-state index contributed by atoms with van der Waals surface area (Å²) in [6.07, 6.45) is 1.98. The molecule has 0 aliphatic rings. The Morgan fingerprint density at radius 2 is 2.31 bits per heavy atom. The molecule has 0 bridgehead atoms. The molecule has 2 aromatic rings. The molecule has 2 rings (SSSR count). The van der Waals surface area contributed by atoms with Crippen molar-refractivity contribution in [3.8, 4) is 11.6 Å². The van der Waals surface area contributed by atoms with E-state index in [-0.39, 0.29) is 5.88 Å². The van der Waals surface area contributed by atoms with E-state index >= 15 is 0 Å². The Morgan fingerprint density at radius 1 is 1.44 bits per heavy atom. The first kappa shape index (κ1) is 10.4. The van der Waals surface area contributed by atoms with E-state index in [4.69, 9.17) is 15.6 Å². The number of anilines is 1. The fourth-order valence-electron chi connectivity index (χ4n) is 1.35. The van der Waals surface area contributed by atoms with Crippen LogP contribution < -0.4 is 10.5 Å². The Bertz CT molecular complexity index is 468. The highest BCUT2D eigenvalue weighted by atomic mass is 16.5. The van der Waals surface area contributed by atoms with E-state index in [0.717, 1.165) is 5.75 Å². The molecule has 0 saturated carbocycles. The van der Waals surface area contributed by atoms with Gasteiger partial charge >= 0.3 is 0 Å². The zero-order valence-corrected chi connectivity index (χ0v) is 8.68. The van der Waals surface area contributed by atoms with E-state index in [0.29, 0.717) is 24.5 Å². The lowest BCUT2D eigenvalue weighted by atomic mass is 10.3. The first-order valence-corrected chi connectivity index (χ1v) is 4.95. The Labute approximate surface area is 92.9 Å². The lowest BCUT2D eigenvalue weighted by Crippen LogP contribution is -2.02. The molecule has 0 spiro atoms. The van der Waals surface area contributed by atoms with Gasteiger partial charge in [-0.1, -0.05) is 6.07 Å². The monoisotopic (exact) mass is 219 g/mol. The fraction of sp³-hybridized carbons (Fsp3) is 0.182. The number of aromatic nitrogens is 2. The van der Waals surface area contributed by atoms with E-state index in [2.05, 4.69) is 9.97 Å². The summed E-state index contributed by atoms with van der Waals surface area (Å²) >= 11 is 0. The molecule has 0 unspecified atom stereocenters. The van der Waals surface area contributed by atoms with Crippen LogP contribution in [0.2, 0.25) is 0 Å². The van der Waals surface area contributed by atoms with Crippen molar-refractivity contribution in [1.29, 1.82) is 0 Å². The minimum absolute atomic E-state index is 0.0685. The number of nitrogens with one attached hydrogen (secondary N) is 1. The number of aromatic hydroxyl groups is 1. The Morgan fingerprint density at radius 3 is 3.00 bits per heavy atom. The molecule has 1 aromatic carbocycles. The summed E-state index contributed by atoms with van der Waals surface area (Å²) in [6, 6.07) is 7.25. The van der Waals surface area contributed by atoms with Gasteiger partial charge in [0.05, 0.1) is 12.8 Å². The molecule has 1 aromatic heterocycles. The molecule has 4 N–H and O–H groups in total. The number of hydrogen-bond donors (Lipinski definition) is 3. The minimum Gasteiger partial charge on any atom is -0.493 e. The topological polar surface area (TPSA) is 84.2 Å². The van der Waals surface area contributed by atoms with Crippen molar-refractivity contribution in [3.05, 3.63) is 36.3 Å². The van der Waals surface area contributed by atoms with Gasteiger partial charge in [-0.15, -0.1) is 0 Å². The van der Waals surface area contributed by atoms with Crippen LogP contribution in [0.25, 0.3) is 0 Å². The van der Waals surface area contributed by atoms with Crippen LogP contribution in [0.4, 0.5) is 5.69 Å². The Hall–Kier alpha value is -2.17. The molecule has 0 aliphatic heterocycles. The molecular formula is C11H13N3O2. The first-order chi connectivity index (χ1) is 7.74. The van der Waals surface area contributed by atoms with Crippen LogP contribution in [0.15, 0.2) is 30.5 Å². The number of benzene rings is 1. The van der Waals surface area contributed by atoms with Crippen LogP contribution in [0.1, 0.15) is 5.82 Å². The molecule has 16 heavy (non-hydrogen) atoms. The summed E-state index contributed by atoms with van der Waals surface area (Å²) in [7, 11) is 0. The summed E-state index contributed by atoms with van der Waals surface area (Å²) in [4.78, 5) is 6.67. The van der Waals surface area contributed by atoms with Crippen molar-refractivity contribution in [1.82, 2.24) is 9.97 Å². The highest BCUT2D eigenvalue weighted by molar-refractivity contribution is 5.43. The molecule has 0 radical (unpaired) electrons. The van der Waals surface area contributed by atoms with Crippen molar-refractivity contribution in [2.24, 2.45) is 0 Å². The highest BCUT2D eigenvalue weighted by Crippen LogP contribution is 2.14. The van der Waals surface area contributed by atoms with E-state index < -0.39 is 0 Å². The van der Waals surface area contributed by atoms with Crippen LogP contribution in [0.3, 0.4) is 0 Å². The molecule has 0 atom stereocenters. The summed E-state index contributed by atoms with van der Waals surface area (Å²) in [6.45, 7) is 0.483. The standard InChI is InChI=1S/C11H13N3O2/c12-8-2-1-3-9(6-8)16-5-4-10-13-7-11(15)14-10/h1-3,6-7,15H,4-5,12H2,(H,13,14). The molecule has 0 amide bonds. The summed E-state index contributed by atoms with van der Waals surface area (Å²) in [5.74, 6) is 1.50. The maximum absolute atomic E-state index is 9.03. The van der Waals surface area contributed by atoms with E-state index in [1.807, 2.05) is 12.1 Å². The molecular weight excluding hydrogens is 206 g/mol. The fourth-order valence-corrected chi connectivity index (χ4v) is 1.35. The van der Waals surface area contributed by atoms with Gasteiger partial charge < -0.3 is 20.6 Å². The summed E-state index contributed by atoms with van der Waals surface area (Å²) in [5, 5.41) is 9.03. The Balaban J connectivity index is 1.84. The zero-order chi connectivity index (χ0) is 11.4. The molecule has 0 fully saturated rings. The van der Waals surface area contributed by atoms with E-state index in [9.17, 15) is 0 Å². The highest BCUT2D eigenvalue weighted by Gasteiger charge is 1.99. The molecule has 5 heteroatoms. The van der Waals surface area contributed by atoms with Gasteiger partial charge in [0, 0.05) is 18.2 Å². The van der Waals surface area contributed by atoms with Crippen molar-refractivity contribution < 1.29 is 9.84 Å². The predicted octanol–water partition coefficient (Wildman–Crippen LogP) is 1.32. The SMILES string of the molecule is Nc1cccc(OCCc2ncc(O)[nH]2)c1. The second-order valence-corrected chi connectivity index (χ2v) is 3.39. The van der Waals surface area contributed by atoms with Crippen molar-refractivity contribution in [3.63, 3.8) is 0 Å². The molecule has 0 aliphatic carbocycles. The normalized spacial score (nSPS) is 10.2. The molecule has 84 valence electrons. The smallest absolute Gasteiger partial charge is 0.208 e. The van der Waals surface area contributed by atoms with Crippen LogP contribution in [-0.4, -0.2) is 21.7 Å².